The maximum atomic E-state index is 12.3. The molecule has 6 heteroatoms. The minimum absolute atomic E-state index is 0.0494. The molecular weight excluding hydrogens is 320 g/mol. The number of methoxy groups -OCH3 is 1. The number of rotatable bonds is 7. The Morgan fingerprint density at radius 1 is 1.24 bits per heavy atom. The number of nitrogens with zero attached hydrogens (tertiary/aromatic N) is 1. The average Bonchev–Trinajstić information content (AvgIpc) is 2.94. The first kappa shape index (κ1) is 18.7. The van der Waals surface area contributed by atoms with E-state index in [1.54, 1.807) is 6.92 Å². The number of hydrogen-bond acceptors (Lipinski definition) is 5. The third-order valence-corrected chi connectivity index (χ3v) is 3.77. The lowest BCUT2D eigenvalue weighted by Crippen LogP contribution is -2.43. The summed E-state index contributed by atoms with van der Waals surface area (Å²) < 4.78 is 10.4. The minimum atomic E-state index is -0.654. The molecule has 6 nitrogen and oxygen atoms in total. The normalized spacial score (nSPS) is 12.0. The number of ether oxygens (including phenoxy) is 1. The molecule has 0 saturated heterocycles. The van der Waals surface area contributed by atoms with Crippen LogP contribution in [-0.2, 0) is 20.7 Å². The van der Waals surface area contributed by atoms with Gasteiger partial charge in [-0.25, -0.2) is 9.78 Å². The van der Waals surface area contributed by atoms with Crippen LogP contribution in [0.1, 0.15) is 31.7 Å². The Balaban J connectivity index is 2.07. The lowest BCUT2D eigenvalue weighted by molar-refractivity contribution is -0.145. The maximum absolute atomic E-state index is 12.3. The van der Waals surface area contributed by atoms with Crippen molar-refractivity contribution in [3.05, 3.63) is 41.8 Å². The molecule has 0 aliphatic carbocycles. The molecule has 1 atom stereocenters. The van der Waals surface area contributed by atoms with Crippen LogP contribution in [0.2, 0.25) is 0 Å². The Bertz CT molecular complexity index is 722. The van der Waals surface area contributed by atoms with Gasteiger partial charge in [-0.2, -0.15) is 0 Å². The predicted molar refractivity (Wildman–Crippen MR) is 93.8 cm³/mol. The van der Waals surface area contributed by atoms with Gasteiger partial charge in [-0.15, -0.1) is 0 Å². The van der Waals surface area contributed by atoms with Gasteiger partial charge in [-0.1, -0.05) is 32.0 Å². The van der Waals surface area contributed by atoms with Crippen LogP contribution in [-0.4, -0.2) is 30.0 Å². The number of nitrogens with one attached hydrogen (secondary N) is 1. The molecule has 0 saturated carbocycles. The van der Waals surface area contributed by atoms with Crippen LogP contribution in [0, 0.1) is 12.8 Å². The Morgan fingerprint density at radius 3 is 2.52 bits per heavy atom. The molecule has 1 heterocycles. The van der Waals surface area contributed by atoms with Crippen molar-refractivity contribution in [2.75, 3.05) is 7.11 Å². The molecule has 2 rings (SSSR count). The highest BCUT2D eigenvalue weighted by molar-refractivity contribution is 5.85. The zero-order valence-corrected chi connectivity index (χ0v) is 15.0. The number of amides is 1. The number of aryl methyl sites for hydroxylation is 1. The summed E-state index contributed by atoms with van der Waals surface area (Å²) in [5, 5.41) is 2.73. The Labute approximate surface area is 147 Å². The molecule has 134 valence electrons. The van der Waals surface area contributed by atoms with E-state index < -0.39 is 12.0 Å². The van der Waals surface area contributed by atoms with Gasteiger partial charge in [0.1, 0.15) is 11.8 Å². The van der Waals surface area contributed by atoms with Gasteiger partial charge in [0.2, 0.25) is 11.8 Å². The van der Waals surface area contributed by atoms with E-state index in [0.717, 1.165) is 5.56 Å². The van der Waals surface area contributed by atoms with Gasteiger partial charge < -0.3 is 14.5 Å². The molecule has 1 aromatic heterocycles. The topological polar surface area (TPSA) is 81.4 Å². The average molecular weight is 344 g/mol. The van der Waals surface area contributed by atoms with Gasteiger partial charge in [-0.05, 0) is 31.4 Å². The molecule has 0 aliphatic rings. The Morgan fingerprint density at radius 2 is 1.92 bits per heavy atom. The number of carbonyl (C=O) groups excluding carboxylic acids is 2. The summed E-state index contributed by atoms with van der Waals surface area (Å²) in [4.78, 5) is 28.6. The van der Waals surface area contributed by atoms with Gasteiger partial charge in [0.05, 0.1) is 19.2 Å². The fourth-order valence-corrected chi connectivity index (χ4v) is 2.52. The van der Waals surface area contributed by atoms with Crippen molar-refractivity contribution in [3.8, 4) is 11.5 Å². The van der Waals surface area contributed by atoms with Gasteiger partial charge in [0, 0.05) is 5.56 Å². The molecule has 0 radical (unpaired) electrons. The zero-order chi connectivity index (χ0) is 18.4. The predicted octanol–water partition coefficient (Wildman–Crippen LogP) is 2.90. The second-order valence-electron chi connectivity index (χ2n) is 6.34. The van der Waals surface area contributed by atoms with Gasteiger partial charge in [0.25, 0.3) is 0 Å². The van der Waals surface area contributed by atoms with Crippen LogP contribution < -0.4 is 5.32 Å². The van der Waals surface area contributed by atoms with E-state index >= 15 is 0 Å². The van der Waals surface area contributed by atoms with Crippen LogP contribution >= 0.6 is 0 Å². The molecular formula is C19H24N2O4. The number of oxazole rings is 1. The minimum Gasteiger partial charge on any atom is -0.467 e. The third kappa shape index (κ3) is 5.17. The van der Waals surface area contributed by atoms with E-state index in [-0.39, 0.29) is 18.2 Å². The quantitative estimate of drug-likeness (QED) is 0.781. The summed E-state index contributed by atoms with van der Waals surface area (Å²) in [6.07, 6.45) is 0.569. The highest BCUT2D eigenvalue weighted by atomic mass is 16.5. The van der Waals surface area contributed by atoms with Crippen LogP contribution in [0.3, 0.4) is 0 Å². The number of esters is 1. The first-order valence-corrected chi connectivity index (χ1v) is 8.29. The van der Waals surface area contributed by atoms with E-state index in [2.05, 4.69) is 10.3 Å². The van der Waals surface area contributed by atoms with Crippen molar-refractivity contribution < 1.29 is 18.7 Å². The highest BCUT2D eigenvalue weighted by Crippen LogP contribution is 2.21. The van der Waals surface area contributed by atoms with Crippen molar-refractivity contribution in [3.63, 3.8) is 0 Å². The highest BCUT2D eigenvalue weighted by Gasteiger charge is 2.23. The van der Waals surface area contributed by atoms with Crippen molar-refractivity contribution in [2.45, 2.75) is 39.7 Å². The molecule has 0 aliphatic heterocycles. The molecule has 2 aromatic rings. The summed E-state index contributed by atoms with van der Waals surface area (Å²) in [5.74, 6) is 0.596. The van der Waals surface area contributed by atoms with Gasteiger partial charge in [0.15, 0.2) is 0 Å². The van der Waals surface area contributed by atoms with E-state index in [1.807, 2.05) is 44.2 Å². The van der Waals surface area contributed by atoms with Crippen LogP contribution in [0.4, 0.5) is 0 Å². The van der Waals surface area contributed by atoms with Crippen molar-refractivity contribution in [1.82, 2.24) is 10.3 Å². The van der Waals surface area contributed by atoms with Gasteiger partial charge >= 0.3 is 5.97 Å². The number of carbonyl (C=O) groups is 2. The van der Waals surface area contributed by atoms with E-state index in [0.29, 0.717) is 23.8 Å². The fourth-order valence-electron chi connectivity index (χ4n) is 2.52. The summed E-state index contributed by atoms with van der Waals surface area (Å²) in [5.41, 5.74) is 1.41. The Kier molecular flexibility index (Phi) is 6.33. The second-order valence-corrected chi connectivity index (χ2v) is 6.34. The standard InChI is InChI=1S/C19H24N2O4/c1-12(2)10-16(19(23)24-4)20-17(22)11-15-13(3)25-18(21-15)14-8-6-5-7-9-14/h5-9,12,16H,10-11H2,1-4H3,(H,20,22)/t16-/m1/s1. The molecule has 0 fully saturated rings. The monoisotopic (exact) mass is 344 g/mol. The van der Waals surface area contributed by atoms with Crippen molar-refractivity contribution >= 4 is 11.9 Å². The summed E-state index contributed by atoms with van der Waals surface area (Å²) >= 11 is 0. The lowest BCUT2D eigenvalue weighted by atomic mass is 10.0. The number of aromatic nitrogens is 1. The SMILES string of the molecule is COC(=O)[C@@H](CC(C)C)NC(=O)Cc1nc(-c2ccccc2)oc1C. The number of hydrogen-bond donors (Lipinski definition) is 1. The van der Waals surface area contributed by atoms with E-state index in [4.69, 9.17) is 9.15 Å². The molecule has 1 amide bonds. The molecule has 0 bridgehead atoms. The van der Waals surface area contributed by atoms with E-state index in [9.17, 15) is 9.59 Å². The van der Waals surface area contributed by atoms with Crippen LogP contribution in [0.15, 0.2) is 34.7 Å². The summed E-state index contributed by atoms with van der Waals surface area (Å²) in [7, 11) is 1.32. The lowest BCUT2D eigenvalue weighted by Gasteiger charge is -2.18. The first-order chi connectivity index (χ1) is 11.9. The second kappa shape index (κ2) is 8.46. The molecule has 25 heavy (non-hydrogen) atoms. The third-order valence-electron chi connectivity index (χ3n) is 3.77. The zero-order valence-electron chi connectivity index (χ0n) is 15.0. The van der Waals surface area contributed by atoms with E-state index in [1.165, 1.54) is 7.11 Å². The molecule has 1 N–H and O–H groups in total. The molecule has 1 aromatic carbocycles. The van der Waals surface area contributed by atoms with Crippen molar-refractivity contribution in [2.24, 2.45) is 5.92 Å². The summed E-state index contributed by atoms with van der Waals surface area (Å²) in [6, 6.07) is 8.84. The first-order valence-electron chi connectivity index (χ1n) is 8.29. The fraction of sp³-hybridized carbons (Fsp3) is 0.421. The largest absolute Gasteiger partial charge is 0.467 e. The molecule has 0 unspecified atom stereocenters. The number of benzene rings is 1. The van der Waals surface area contributed by atoms with Crippen LogP contribution in [0.25, 0.3) is 11.5 Å². The van der Waals surface area contributed by atoms with Crippen LogP contribution in [0.5, 0.6) is 0 Å². The smallest absolute Gasteiger partial charge is 0.328 e. The van der Waals surface area contributed by atoms with Gasteiger partial charge in [-0.3, -0.25) is 4.79 Å². The Hall–Kier alpha value is -2.63. The maximum Gasteiger partial charge on any atom is 0.328 e. The van der Waals surface area contributed by atoms with Crippen molar-refractivity contribution in [1.29, 1.82) is 0 Å². The molecule has 0 spiro atoms. The summed E-state index contributed by atoms with van der Waals surface area (Å²) in [6.45, 7) is 5.74.